The van der Waals surface area contributed by atoms with Crippen LogP contribution in [0.4, 0.5) is 5.69 Å². The summed E-state index contributed by atoms with van der Waals surface area (Å²) in [5.74, 6) is 0.0757. The summed E-state index contributed by atoms with van der Waals surface area (Å²) in [7, 11) is 0. The van der Waals surface area contributed by atoms with Gasteiger partial charge in [-0.1, -0.05) is 48.5 Å². The van der Waals surface area contributed by atoms with Gasteiger partial charge >= 0.3 is 0 Å². The van der Waals surface area contributed by atoms with Crippen molar-refractivity contribution in [1.82, 2.24) is 9.88 Å². The first-order valence-electron chi connectivity index (χ1n) is 8.56. The molecule has 2 aromatic carbocycles. The average molecular weight is 333 g/mol. The minimum atomic E-state index is 0.0757. The number of aromatic nitrogens is 1. The molecule has 0 aliphatic carbocycles. The SMILES string of the molecule is CC(C)N(Cc1ccccc1)C(=O)CNc1cccc2cccnc12. The van der Waals surface area contributed by atoms with Crippen molar-refractivity contribution in [2.75, 3.05) is 11.9 Å². The summed E-state index contributed by atoms with van der Waals surface area (Å²) in [5, 5.41) is 4.31. The Morgan fingerprint density at radius 3 is 2.56 bits per heavy atom. The first-order valence-corrected chi connectivity index (χ1v) is 8.56. The van der Waals surface area contributed by atoms with Gasteiger partial charge in [0.25, 0.3) is 0 Å². The number of anilines is 1. The zero-order valence-electron chi connectivity index (χ0n) is 14.6. The lowest BCUT2D eigenvalue weighted by Crippen LogP contribution is -2.39. The lowest BCUT2D eigenvalue weighted by Gasteiger charge is -2.27. The van der Waals surface area contributed by atoms with Crippen molar-refractivity contribution >= 4 is 22.5 Å². The van der Waals surface area contributed by atoms with E-state index >= 15 is 0 Å². The molecule has 0 saturated carbocycles. The van der Waals surface area contributed by atoms with Crippen molar-refractivity contribution in [2.45, 2.75) is 26.4 Å². The smallest absolute Gasteiger partial charge is 0.242 e. The van der Waals surface area contributed by atoms with E-state index in [4.69, 9.17) is 0 Å². The number of pyridine rings is 1. The Labute approximate surface area is 148 Å². The third-order valence-electron chi connectivity index (χ3n) is 4.20. The average Bonchev–Trinajstić information content (AvgIpc) is 2.64. The van der Waals surface area contributed by atoms with Gasteiger partial charge < -0.3 is 10.2 Å². The number of carbonyl (C=O) groups excluding carboxylic acids is 1. The van der Waals surface area contributed by atoms with Crippen molar-refractivity contribution in [2.24, 2.45) is 0 Å². The van der Waals surface area contributed by atoms with Crippen LogP contribution in [0.5, 0.6) is 0 Å². The maximum atomic E-state index is 12.7. The summed E-state index contributed by atoms with van der Waals surface area (Å²) < 4.78 is 0. The van der Waals surface area contributed by atoms with E-state index in [0.717, 1.165) is 22.2 Å². The highest BCUT2D eigenvalue weighted by atomic mass is 16.2. The number of amides is 1. The van der Waals surface area contributed by atoms with Crippen molar-refractivity contribution < 1.29 is 4.79 Å². The van der Waals surface area contributed by atoms with Crippen LogP contribution >= 0.6 is 0 Å². The highest BCUT2D eigenvalue weighted by Crippen LogP contribution is 2.20. The molecule has 3 aromatic rings. The molecule has 0 saturated heterocycles. The number of hydrogen-bond donors (Lipinski definition) is 1. The number of carbonyl (C=O) groups is 1. The van der Waals surface area contributed by atoms with E-state index < -0.39 is 0 Å². The third-order valence-corrected chi connectivity index (χ3v) is 4.20. The standard InChI is InChI=1S/C21H23N3O/c1-16(2)24(15-17-8-4-3-5-9-17)20(25)14-23-19-12-6-10-18-11-7-13-22-21(18)19/h3-13,16,23H,14-15H2,1-2H3. The van der Waals surface area contributed by atoms with Crippen LogP contribution in [-0.4, -0.2) is 28.4 Å². The Hall–Kier alpha value is -2.88. The molecule has 1 amide bonds. The van der Waals surface area contributed by atoms with Crippen LogP contribution in [0.25, 0.3) is 10.9 Å². The van der Waals surface area contributed by atoms with Crippen LogP contribution in [-0.2, 0) is 11.3 Å². The predicted octanol–water partition coefficient (Wildman–Crippen LogP) is 4.08. The fraction of sp³-hybridized carbons (Fsp3) is 0.238. The van der Waals surface area contributed by atoms with Gasteiger partial charge in [0, 0.05) is 24.2 Å². The molecule has 0 radical (unpaired) electrons. The zero-order chi connectivity index (χ0) is 17.6. The van der Waals surface area contributed by atoms with Gasteiger partial charge in [0.1, 0.15) is 0 Å². The molecular weight excluding hydrogens is 310 g/mol. The molecule has 0 atom stereocenters. The summed E-state index contributed by atoms with van der Waals surface area (Å²) in [4.78, 5) is 19.1. The van der Waals surface area contributed by atoms with Crippen molar-refractivity contribution in [3.63, 3.8) is 0 Å². The van der Waals surface area contributed by atoms with Gasteiger partial charge in [-0.05, 0) is 31.5 Å². The van der Waals surface area contributed by atoms with Gasteiger partial charge in [-0.15, -0.1) is 0 Å². The Kier molecular flexibility index (Phi) is 5.29. The topological polar surface area (TPSA) is 45.2 Å². The number of benzene rings is 2. The van der Waals surface area contributed by atoms with Crippen molar-refractivity contribution in [3.05, 3.63) is 72.4 Å². The third kappa shape index (κ3) is 4.15. The number of fused-ring (bicyclic) bond motifs is 1. The Balaban J connectivity index is 1.71. The highest BCUT2D eigenvalue weighted by molar-refractivity contribution is 5.92. The molecule has 3 rings (SSSR count). The fourth-order valence-corrected chi connectivity index (χ4v) is 2.86. The van der Waals surface area contributed by atoms with Gasteiger partial charge in [0.2, 0.25) is 5.91 Å². The van der Waals surface area contributed by atoms with Gasteiger partial charge in [0.15, 0.2) is 0 Å². The predicted molar refractivity (Wildman–Crippen MR) is 102 cm³/mol. The number of rotatable bonds is 6. The molecule has 0 aliphatic heterocycles. The summed E-state index contributed by atoms with van der Waals surface area (Å²) in [6.45, 7) is 4.95. The molecule has 1 N–H and O–H groups in total. The van der Waals surface area contributed by atoms with Crippen molar-refractivity contribution in [3.8, 4) is 0 Å². The molecule has 0 aliphatic rings. The monoisotopic (exact) mass is 333 g/mol. The second-order valence-corrected chi connectivity index (χ2v) is 6.34. The molecule has 25 heavy (non-hydrogen) atoms. The maximum absolute atomic E-state index is 12.7. The maximum Gasteiger partial charge on any atom is 0.242 e. The first kappa shape index (κ1) is 17.0. The van der Waals surface area contributed by atoms with E-state index in [1.54, 1.807) is 6.20 Å². The normalized spacial score (nSPS) is 10.8. The van der Waals surface area contributed by atoms with Crippen LogP contribution in [0.3, 0.4) is 0 Å². The Bertz CT molecular complexity index is 841. The lowest BCUT2D eigenvalue weighted by atomic mass is 10.1. The first-order chi connectivity index (χ1) is 12.1. The Morgan fingerprint density at radius 1 is 1.04 bits per heavy atom. The molecule has 4 heteroatoms. The molecule has 0 fully saturated rings. The number of nitrogens with one attached hydrogen (secondary N) is 1. The molecular formula is C21H23N3O. The molecule has 128 valence electrons. The molecule has 0 bridgehead atoms. The van der Waals surface area contributed by atoms with Crippen LogP contribution in [0.15, 0.2) is 66.9 Å². The summed E-state index contributed by atoms with van der Waals surface area (Å²) in [5.41, 5.74) is 2.91. The molecule has 1 aromatic heterocycles. The van der Waals surface area contributed by atoms with Gasteiger partial charge in [0.05, 0.1) is 17.7 Å². The number of nitrogens with zero attached hydrogens (tertiary/aromatic N) is 2. The van der Waals surface area contributed by atoms with Crippen molar-refractivity contribution in [1.29, 1.82) is 0 Å². The molecule has 4 nitrogen and oxygen atoms in total. The fourth-order valence-electron chi connectivity index (χ4n) is 2.86. The van der Waals surface area contributed by atoms with Crippen LogP contribution < -0.4 is 5.32 Å². The highest BCUT2D eigenvalue weighted by Gasteiger charge is 2.17. The summed E-state index contributed by atoms with van der Waals surface area (Å²) >= 11 is 0. The minimum absolute atomic E-state index is 0.0757. The summed E-state index contributed by atoms with van der Waals surface area (Å²) in [6, 6.07) is 20.1. The van der Waals surface area contributed by atoms with Gasteiger partial charge in [-0.25, -0.2) is 0 Å². The van der Waals surface area contributed by atoms with Crippen LogP contribution in [0.1, 0.15) is 19.4 Å². The second-order valence-electron chi connectivity index (χ2n) is 6.34. The number of para-hydroxylation sites is 1. The van der Waals surface area contributed by atoms with E-state index in [0.29, 0.717) is 6.54 Å². The molecule has 0 spiro atoms. The van der Waals surface area contributed by atoms with Crippen LogP contribution in [0.2, 0.25) is 0 Å². The van der Waals surface area contributed by atoms with E-state index in [9.17, 15) is 4.79 Å². The van der Waals surface area contributed by atoms with Gasteiger partial charge in [-0.2, -0.15) is 0 Å². The van der Waals surface area contributed by atoms with E-state index in [1.807, 2.05) is 79.4 Å². The van der Waals surface area contributed by atoms with E-state index in [2.05, 4.69) is 10.3 Å². The zero-order valence-corrected chi connectivity index (χ0v) is 14.6. The summed E-state index contributed by atoms with van der Waals surface area (Å²) in [6.07, 6.45) is 1.77. The molecule has 0 unspecified atom stereocenters. The largest absolute Gasteiger partial charge is 0.374 e. The van der Waals surface area contributed by atoms with E-state index in [1.165, 1.54) is 0 Å². The number of hydrogen-bond acceptors (Lipinski definition) is 3. The Morgan fingerprint density at radius 2 is 1.80 bits per heavy atom. The molecule has 1 heterocycles. The van der Waals surface area contributed by atoms with Crippen LogP contribution in [0, 0.1) is 0 Å². The second kappa shape index (κ2) is 7.79. The van der Waals surface area contributed by atoms with E-state index in [-0.39, 0.29) is 18.5 Å². The minimum Gasteiger partial charge on any atom is -0.374 e. The lowest BCUT2D eigenvalue weighted by molar-refractivity contribution is -0.131. The quantitative estimate of drug-likeness (QED) is 0.739. The van der Waals surface area contributed by atoms with Gasteiger partial charge in [-0.3, -0.25) is 9.78 Å².